The van der Waals surface area contributed by atoms with Crippen molar-refractivity contribution in [2.24, 2.45) is 0 Å². The molecule has 1 aromatic carbocycles. The van der Waals surface area contributed by atoms with Crippen molar-refractivity contribution < 1.29 is 19.1 Å². The fourth-order valence-electron chi connectivity index (χ4n) is 1.01. The summed E-state index contributed by atoms with van der Waals surface area (Å²) in [6.45, 7) is 0. The molecule has 0 saturated carbocycles. The van der Waals surface area contributed by atoms with Crippen LogP contribution in [0.15, 0.2) is 46.2 Å². The molecule has 90 valence electrons. The highest BCUT2D eigenvalue weighted by atomic mass is 32.2. The molecule has 0 heterocycles. The Morgan fingerprint density at radius 1 is 1.12 bits per heavy atom. The smallest absolute Gasteiger partial charge is 0.344 e. The van der Waals surface area contributed by atoms with Crippen LogP contribution in [0.25, 0.3) is 0 Å². The van der Waals surface area contributed by atoms with Gasteiger partial charge in [-0.1, -0.05) is 30.0 Å². The largest absolute Gasteiger partial charge is 0.466 e. The van der Waals surface area contributed by atoms with Crippen LogP contribution in [0.4, 0.5) is 0 Å². The van der Waals surface area contributed by atoms with Crippen LogP contribution in [0.3, 0.4) is 0 Å². The molecular weight excluding hydrogens is 240 g/mol. The molecule has 17 heavy (non-hydrogen) atoms. The molecule has 0 saturated heterocycles. The molecule has 0 radical (unpaired) electrons. The number of rotatable bonds is 4. The van der Waals surface area contributed by atoms with E-state index >= 15 is 0 Å². The minimum Gasteiger partial charge on any atom is -0.466 e. The van der Waals surface area contributed by atoms with Gasteiger partial charge in [-0.2, -0.15) is 0 Å². The van der Waals surface area contributed by atoms with Gasteiger partial charge in [-0.3, -0.25) is 0 Å². The Hall–Kier alpha value is -1.75. The maximum absolute atomic E-state index is 11.4. The van der Waals surface area contributed by atoms with Crippen LogP contribution >= 0.6 is 11.8 Å². The Bertz CT molecular complexity index is 425. The highest BCUT2D eigenvalue weighted by Gasteiger charge is 2.13. The first-order chi connectivity index (χ1) is 8.17. The van der Waals surface area contributed by atoms with E-state index in [9.17, 15) is 9.59 Å². The third kappa shape index (κ3) is 4.32. The Morgan fingerprint density at radius 2 is 1.76 bits per heavy atom. The van der Waals surface area contributed by atoms with Gasteiger partial charge in [0.2, 0.25) is 0 Å². The molecule has 0 N–H and O–H groups in total. The summed E-state index contributed by atoms with van der Waals surface area (Å²) in [5, 5.41) is 0. The van der Waals surface area contributed by atoms with E-state index in [1.165, 1.54) is 14.2 Å². The fourth-order valence-corrected chi connectivity index (χ4v) is 1.88. The molecular formula is C12H12O4S. The third-order valence-electron chi connectivity index (χ3n) is 1.81. The van der Waals surface area contributed by atoms with Crippen LogP contribution in [-0.2, 0) is 19.1 Å². The van der Waals surface area contributed by atoms with Crippen molar-refractivity contribution in [1.82, 2.24) is 0 Å². The van der Waals surface area contributed by atoms with Gasteiger partial charge in [-0.15, -0.1) is 0 Å². The van der Waals surface area contributed by atoms with Crippen molar-refractivity contribution in [1.29, 1.82) is 0 Å². The van der Waals surface area contributed by atoms with Gasteiger partial charge < -0.3 is 9.47 Å². The standard InChI is InChI=1S/C12H12O4S/c1-15-11(13)8-10(12(14)16-2)17-9-6-4-3-5-7-9/h3-8H,1-2H3. The van der Waals surface area contributed by atoms with E-state index in [0.29, 0.717) is 0 Å². The molecule has 5 heteroatoms. The van der Waals surface area contributed by atoms with Gasteiger partial charge in [0.1, 0.15) is 4.91 Å². The number of hydrogen-bond donors (Lipinski definition) is 0. The molecule has 0 aliphatic rings. The SMILES string of the molecule is COC(=O)C=C(Sc1ccccc1)C(=O)OC. The van der Waals surface area contributed by atoms with Crippen LogP contribution in [0.5, 0.6) is 0 Å². The van der Waals surface area contributed by atoms with Gasteiger partial charge in [0, 0.05) is 11.0 Å². The molecule has 4 nitrogen and oxygen atoms in total. The molecule has 1 aromatic rings. The van der Waals surface area contributed by atoms with Gasteiger partial charge in [0.25, 0.3) is 0 Å². The average Bonchev–Trinajstić information content (AvgIpc) is 2.38. The second-order valence-electron chi connectivity index (χ2n) is 2.94. The zero-order valence-electron chi connectivity index (χ0n) is 9.51. The van der Waals surface area contributed by atoms with Gasteiger partial charge in [-0.25, -0.2) is 9.59 Å². The lowest BCUT2D eigenvalue weighted by Gasteiger charge is -2.04. The molecule has 1 rings (SSSR count). The Kier molecular flexibility index (Phi) is 5.29. The predicted octanol–water partition coefficient (Wildman–Crippen LogP) is 2.01. The van der Waals surface area contributed by atoms with E-state index in [0.717, 1.165) is 22.7 Å². The topological polar surface area (TPSA) is 52.6 Å². The zero-order valence-corrected chi connectivity index (χ0v) is 10.3. The second kappa shape index (κ2) is 6.75. The molecule has 0 aromatic heterocycles. The van der Waals surface area contributed by atoms with Gasteiger partial charge in [0.05, 0.1) is 14.2 Å². The number of thioether (sulfide) groups is 1. The van der Waals surface area contributed by atoms with Gasteiger partial charge in [0.15, 0.2) is 0 Å². The molecule has 0 spiro atoms. The molecule has 0 fully saturated rings. The summed E-state index contributed by atoms with van der Waals surface area (Å²) in [4.78, 5) is 23.6. The van der Waals surface area contributed by atoms with Crippen LogP contribution in [-0.4, -0.2) is 26.2 Å². The number of carbonyl (C=O) groups is 2. The Labute approximate surface area is 104 Å². The minimum atomic E-state index is -0.589. The molecule has 0 bridgehead atoms. The number of carbonyl (C=O) groups excluding carboxylic acids is 2. The predicted molar refractivity (Wildman–Crippen MR) is 64.4 cm³/mol. The normalized spacial score (nSPS) is 10.8. The molecule has 0 atom stereocenters. The van der Waals surface area contributed by atoms with Crippen molar-refractivity contribution in [3.05, 3.63) is 41.3 Å². The molecule has 0 aliphatic carbocycles. The lowest BCUT2D eigenvalue weighted by atomic mass is 10.4. The van der Waals surface area contributed by atoms with Crippen molar-refractivity contribution >= 4 is 23.7 Å². The van der Waals surface area contributed by atoms with Crippen molar-refractivity contribution in [3.8, 4) is 0 Å². The monoisotopic (exact) mass is 252 g/mol. The number of hydrogen-bond acceptors (Lipinski definition) is 5. The summed E-state index contributed by atoms with van der Waals surface area (Å²) >= 11 is 1.15. The Balaban J connectivity index is 2.89. The summed E-state index contributed by atoms with van der Waals surface area (Å²) in [5.74, 6) is -1.15. The highest BCUT2D eigenvalue weighted by molar-refractivity contribution is 8.04. The quantitative estimate of drug-likeness (QED) is 0.466. The summed E-state index contributed by atoms with van der Waals surface area (Å²) in [5.41, 5.74) is 0. The van der Waals surface area contributed by atoms with Crippen LogP contribution < -0.4 is 0 Å². The van der Waals surface area contributed by atoms with E-state index in [4.69, 9.17) is 0 Å². The van der Waals surface area contributed by atoms with E-state index in [2.05, 4.69) is 9.47 Å². The minimum absolute atomic E-state index is 0.186. The number of ether oxygens (including phenoxy) is 2. The zero-order chi connectivity index (χ0) is 12.7. The maximum Gasteiger partial charge on any atom is 0.344 e. The van der Waals surface area contributed by atoms with Crippen LogP contribution in [0, 0.1) is 0 Å². The van der Waals surface area contributed by atoms with Crippen molar-refractivity contribution in [2.45, 2.75) is 4.90 Å². The first-order valence-corrected chi connectivity index (χ1v) is 5.60. The van der Waals surface area contributed by atoms with E-state index < -0.39 is 11.9 Å². The number of benzene rings is 1. The first-order valence-electron chi connectivity index (χ1n) is 4.78. The first kappa shape index (κ1) is 13.3. The second-order valence-corrected chi connectivity index (χ2v) is 4.05. The fraction of sp³-hybridized carbons (Fsp3) is 0.167. The summed E-state index contributed by atoms with van der Waals surface area (Å²) in [7, 11) is 2.51. The Morgan fingerprint density at radius 3 is 2.29 bits per heavy atom. The molecule has 0 unspecified atom stereocenters. The summed E-state index contributed by atoms with van der Waals surface area (Å²) in [6, 6.07) is 9.22. The summed E-state index contributed by atoms with van der Waals surface area (Å²) < 4.78 is 9.07. The van der Waals surface area contributed by atoms with Crippen LogP contribution in [0.2, 0.25) is 0 Å². The van der Waals surface area contributed by atoms with E-state index in [1.54, 1.807) is 0 Å². The van der Waals surface area contributed by atoms with Crippen molar-refractivity contribution in [3.63, 3.8) is 0 Å². The lowest BCUT2D eigenvalue weighted by Crippen LogP contribution is -2.05. The van der Waals surface area contributed by atoms with Crippen molar-refractivity contribution in [2.75, 3.05) is 14.2 Å². The lowest BCUT2D eigenvalue weighted by molar-refractivity contribution is -0.137. The molecule has 0 amide bonds. The molecule has 0 aliphatic heterocycles. The van der Waals surface area contributed by atoms with Crippen LogP contribution in [0.1, 0.15) is 0 Å². The average molecular weight is 252 g/mol. The maximum atomic E-state index is 11.4. The van der Waals surface area contributed by atoms with E-state index in [1.807, 2.05) is 30.3 Å². The summed E-state index contributed by atoms with van der Waals surface area (Å²) in [6.07, 6.45) is 1.11. The number of methoxy groups -OCH3 is 2. The number of esters is 2. The highest BCUT2D eigenvalue weighted by Crippen LogP contribution is 2.27. The third-order valence-corrected chi connectivity index (χ3v) is 2.82. The van der Waals surface area contributed by atoms with E-state index in [-0.39, 0.29) is 4.91 Å². The van der Waals surface area contributed by atoms with Gasteiger partial charge in [-0.05, 0) is 12.1 Å². The van der Waals surface area contributed by atoms with Gasteiger partial charge >= 0.3 is 11.9 Å².